The Hall–Kier alpha value is -3.53. The first-order valence-corrected chi connectivity index (χ1v) is 11.1. The highest BCUT2D eigenvalue weighted by Gasteiger charge is 2.38. The molecule has 13 heteroatoms. The van der Waals surface area contributed by atoms with Crippen LogP contribution >= 0.6 is 0 Å². The molecule has 10 nitrogen and oxygen atoms in total. The number of halogens is 3. The fraction of sp³-hybridized carbons (Fsp3) is 0.545. The van der Waals surface area contributed by atoms with Gasteiger partial charge in [0, 0.05) is 33.2 Å². The number of fused-ring (bicyclic) bond motifs is 1. The number of hydrogen-bond donors (Lipinski definition) is 2. The fourth-order valence-electron chi connectivity index (χ4n) is 4.03. The first-order chi connectivity index (χ1) is 16.6. The Bertz CT molecular complexity index is 1290. The number of alkyl halides is 3. The van der Waals surface area contributed by atoms with Crippen molar-refractivity contribution in [3.05, 3.63) is 33.0 Å². The predicted octanol–water partition coefficient (Wildman–Crippen LogP) is 1.24. The monoisotopic (exact) mass is 496 g/mol. The zero-order valence-electron chi connectivity index (χ0n) is 19.4. The number of nitrogens with zero attached hydrogens (tertiary/aromatic N) is 5. The summed E-state index contributed by atoms with van der Waals surface area (Å²) in [6, 6.07) is -0.0768. The van der Waals surface area contributed by atoms with Gasteiger partial charge in [-0.15, -0.1) is 5.92 Å². The average molecular weight is 496 g/mol. The number of imidazole rings is 1. The lowest BCUT2D eigenvalue weighted by molar-refractivity contribution is -0.192. The molecule has 1 atom stereocenters. The minimum absolute atomic E-state index is 0.0768. The Morgan fingerprint density at radius 3 is 2.49 bits per heavy atom. The molecule has 35 heavy (non-hydrogen) atoms. The molecule has 2 aromatic rings. The number of carbonyl (C=O) groups is 1. The van der Waals surface area contributed by atoms with E-state index < -0.39 is 12.1 Å². The van der Waals surface area contributed by atoms with Crippen molar-refractivity contribution in [2.75, 3.05) is 31.1 Å². The van der Waals surface area contributed by atoms with Crippen molar-refractivity contribution in [1.82, 2.24) is 24.0 Å². The SMILES string of the molecule is CC#CCn1c(N2CCNCC2)nc2c1c(=O)n(C)c(=O)n2C1C=CCCC1.O=C(O)C(F)(F)F. The van der Waals surface area contributed by atoms with Gasteiger partial charge >= 0.3 is 17.8 Å². The maximum atomic E-state index is 13.1. The van der Waals surface area contributed by atoms with Crippen LogP contribution in [0.4, 0.5) is 19.1 Å². The Labute approximate surface area is 198 Å². The zero-order valence-corrected chi connectivity index (χ0v) is 19.4. The molecule has 0 amide bonds. The molecular weight excluding hydrogens is 469 g/mol. The van der Waals surface area contributed by atoms with Gasteiger partial charge in [0.25, 0.3) is 5.56 Å². The molecule has 1 unspecified atom stereocenters. The summed E-state index contributed by atoms with van der Waals surface area (Å²) in [5, 5.41) is 10.5. The summed E-state index contributed by atoms with van der Waals surface area (Å²) in [7, 11) is 1.54. The smallest absolute Gasteiger partial charge is 0.475 e. The van der Waals surface area contributed by atoms with Crippen LogP contribution in [0.1, 0.15) is 32.2 Å². The van der Waals surface area contributed by atoms with Gasteiger partial charge in [0.2, 0.25) is 5.95 Å². The van der Waals surface area contributed by atoms with Crippen LogP contribution < -0.4 is 21.5 Å². The van der Waals surface area contributed by atoms with Crippen LogP contribution in [0.5, 0.6) is 0 Å². The van der Waals surface area contributed by atoms with Crippen molar-refractivity contribution >= 4 is 23.1 Å². The highest BCUT2D eigenvalue weighted by atomic mass is 19.4. The van der Waals surface area contributed by atoms with E-state index in [2.05, 4.69) is 34.2 Å². The molecule has 1 aliphatic heterocycles. The molecule has 0 radical (unpaired) electrons. The molecule has 1 aliphatic carbocycles. The summed E-state index contributed by atoms with van der Waals surface area (Å²) in [6.07, 6.45) is 1.99. The number of anilines is 1. The number of carboxylic acid groups (broad SMARTS) is 1. The second-order valence-electron chi connectivity index (χ2n) is 8.08. The summed E-state index contributed by atoms with van der Waals surface area (Å²) in [6.45, 7) is 5.48. The molecule has 0 bridgehead atoms. The average Bonchev–Trinajstić information content (AvgIpc) is 3.21. The van der Waals surface area contributed by atoms with Crippen LogP contribution in [0.2, 0.25) is 0 Å². The second-order valence-corrected chi connectivity index (χ2v) is 8.08. The lowest BCUT2D eigenvalue weighted by atomic mass is 10.0. The molecule has 4 rings (SSSR count). The van der Waals surface area contributed by atoms with Crippen molar-refractivity contribution in [2.24, 2.45) is 7.05 Å². The molecule has 1 saturated heterocycles. The highest BCUT2D eigenvalue weighted by molar-refractivity contribution is 5.75. The molecule has 2 aromatic heterocycles. The van der Waals surface area contributed by atoms with Crippen LogP contribution in [0.25, 0.3) is 11.2 Å². The molecule has 0 saturated carbocycles. The van der Waals surface area contributed by atoms with Crippen LogP contribution in [0.3, 0.4) is 0 Å². The van der Waals surface area contributed by atoms with Gasteiger partial charge in [-0.3, -0.25) is 18.5 Å². The van der Waals surface area contributed by atoms with E-state index in [1.807, 2.05) is 4.57 Å². The topological polar surface area (TPSA) is 114 Å². The first kappa shape index (κ1) is 26.1. The first-order valence-electron chi connectivity index (χ1n) is 11.1. The van der Waals surface area contributed by atoms with Crippen molar-refractivity contribution in [1.29, 1.82) is 0 Å². The number of carboxylic acids is 1. The van der Waals surface area contributed by atoms with Gasteiger partial charge in [-0.05, 0) is 26.2 Å². The van der Waals surface area contributed by atoms with Gasteiger partial charge in [0.05, 0.1) is 12.6 Å². The van der Waals surface area contributed by atoms with E-state index in [0.717, 1.165) is 51.4 Å². The third-order valence-corrected chi connectivity index (χ3v) is 5.77. The van der Waals surface area contributed by atoms with Crippen LogP contribution in [-0.4, -0.2) is 62.1 Å². The van der Waals surface area contributed by atoms with E-state index in [1.165, 1.54) is 4.57 Å². The van der Waals surface area contributed by atoms with Gasteiger partial charge in [0.1, 0.15) is 0 Å². The largest absolute Gasteiger partial charge is 0.490 e. The third kappa shape index (κ3) is 5.59. The molecule has 2 aliphatic rings. The lowest BCUT2D eigenvalue weighted by Crippen LogP contribution is -2.44. The van der Waals surface area contributed by atoms with E-state index in [4.69, 9.17) is 14.9 Å². The number of aromatic nitrogens is 4. The number of aliphatic carboxylic acids is 1. The molecule has 0 aromatic carbocycles. The third-order valence-electron chi connectivity index (χ3n) is 5.77. The maximum Gasteiger partial charge on any atom is 0.490 e. The highest BCUT2D eigenvalue weighted by Crippen LogP contribution is 2.26. The van der Waals surface area contributed by atoms with Crippen molar-refractivity contribution in [3.8, 4) is 11.8 Å². The van der Waals surface area contributed by atoms with Gasteiger partial charge in [-0.1, -0.05) is 18.1 Å². The van der Waals surface area contributed by atoms with E-state index in [-0.39, 0.29) is 17.3 Å². The van der Waals surface area contributed by atoms with Crippen LogP contribution in [0.15, 0.2) is 21.7 Å². The van der Waals surface area contributed by atoms with Crippen LogP contribution in [0, 0.1) is 11.8 Å². The van der Waals surface area contributed by atoms with Crippen molar-refractivity contribution in [2.45, 2.75) is 44.9 Å². The number of rotatable bonds is 3. The zero-order chi connectivity index (χ0) is 25.8. The molecule has 190 valence electrons. The second kappa shape index (κ2) is 10.8. The number of nitrogens with one attached hydrogen (secondary N) is 1. The predicted molar refractivity (Wildman–Crippen MR) is 123 cm³/mol. The quantitative estimate of drug-likeness (QED) is 0.486. The van der Waals surface area contributed by atoms with E-state index in [9.17, 15) is 22.8 Å². The van der Waals surface area contributed by atoms with Gasteiger partial charge in [-0.2, -0.15) is 18.2 Å². The van der Waals surface area contributed by atoms with Crippen LogP contribution in [-0.2, 0) is 18.4 Å². The van der Waals surface area contributed by atoms with E-state index in [1.54, 1.807) is 18.5 Å². The van der Waals surface area contributed by atoms with E-state index in [0.29, 0.717) is 17.7 Å². The molecule has 1 fully saturated rings. The number of allylic oxidation sites excluding steroid dienone is 2. The maximum absolute atomic E-state index is 13.1. The summed E-state index contributed by atoms with van der Waals surface area (Å²) in [5.41, 5.74) is 0.295. The minimum atomic E-state index is -5.08. The molecule has 3 heterocycles. The van der Waals surface area contributed by atoms with E-state index >= 15 is 0 Å². The Balaban J connectivity index is 0.000000429. The minimum Gasteiger partial charge on any atom is -0.475 e. The van der Waals surface area contributed by atoms with Gasteiger partial charge in [0.15, 0.2) is 11.2 Å². The normalized spacial score (nSPS) is 18.0. The summed E-state index contributed by atoms with van der Waals surface area (Å²) < 4.78 is 36.5. The summed E-state index contributed by atoms with van der Waals surface area (Å²) >= 11 is 0. The Morgan fingerprint density at radius 1 is 1.29 bits per heavy atom. The van der Waals surface area contributed by atoms with Gasteiger partial charge in [-0.25, -0.2) is 9.59 Å². The van der Waals surface area contributed by atoms with Crippen molar-refractivity contribution in [3.63, 3.8) is 0 Å². The summed E-state index contributed by atoms with van der Waals surface area (Å²) in [5.74, 6) is 3.93. The molecule has 2 N–H and O–H groups in total. The van der Waals surface area contributed by atoms with Crippen molar-refractivity contribution < 1.29 is 23.1 Å². The van der Waals surface area contributed by atoms with Gasteiger partial charge < -0.3 is 15.3 Å². The number of hydrogen-bond acceptors (Lipinski definition) is 6. The Kier molecular flexibility index (Phi) is 8.06. The lowest BCUT2D eigenvalue weighted by Gasteiger charge is -2.28. The molecule has 0 spiro atoms. The molecular formula is C22H27F3N6O4. The Morgan fingerprint density at radius 2 is 1.94 bits per heavy atom. The fourth-order valence-corrected chi connectivity index (χ4v) is 4.03. The number of piperazine rings is 1. The standard InChI is InChI=1S/C20H26N6O2.C2HF3O2/c1-3-4-12-25-16-17(22-19(25)24-13-10-21-11-14-24)26(15-8-6-5-7-9-15)20(28)23(2)18(16)27;3-2(4,5)1(6)7/h6,8,15,21H,5,7,9-14H2,1-2H3;(H,6,7). The summed E-state index contributed by atoms with van der Waals surface area (Å²) in [4.78, 5) is 42.0.